The Hall–Kier alpha value is -2.45. The third-order valence-corrected chi connectivity index (χ3v) is 2.11. The largest absolute Gasteiger partial charge is 0.360 e. The van der Waals surface area contributed by atoms with Gasteiger partial charge in [-0.15, -0.1) is 0 Å². The highest BCUT2D eigenvalue weighted by Gasteiger charge is 2.08. The van der Waals surface area contributed by atoms with E-state index in [9.17, 15) is 9.18 Å². The predicted molar refractivity (Wildman–Crippen MR) is 62.9 cm³/mol. The highest BCUT2D eigenvalue weighted by atomic mass is 19.1. The minimum absolute atomic E-state index is 0.183. The molecule has 2 aromatic heterocycles. The van der Waals surface area contributed by atoms with Gasteiger partial charge in [0.1, 0.15) is 5.82 Å². The second-order valence-electron chi connectivity index (χ2n) is 3.74. The van der Waals surface area contributed by atoms with E-state index in [0.29, 0.717) is 5.82 Å². The summed E-state index contributed by atoms with van der Waals surface area (Å²) in [5.74, 6) is 0.352. The summed E-state index contributed by atoms with van der Waals surface area (Å²) < 4.78 is 13.3. The number of hydrogen-bond acceptors (Lipinski definition) is 6. The van der Waals surface area contributed by atoms with Gasteiger partial charge in [-0.2, -0.15) is 10.1 Å². The van der Waals surface area contributed by atoms with Gasteiger partial charge in [0.05, 0.1) is 12.7 Å². The fraction of sp³-hybridized carbons (Fsp3) is 0.333. The van der Waals surface area contributed by atoms with Crippen LogP contribution in [0.15, 0.2) is 11.0 Å². The Morgan fingerprint density at radius 2 is 2.28 bits per heavy atom. The van der Waals surface area contributed by atoms with Crippen LogP contribution in [0, 0.1) is 5.82 Å². The normalized spacial score (nSPS) is 10.4. The maximum absolute atomic E-state index is 13.3. The molecule has 18 heavy (non-hydrogen) atoms. The van der Waals surface area contributed by atoms with Crippen LogP contribution in [0.1, 0.15) is 5.82 Å². The molecule has 0 aliphatic rings. The second-order valence-corrected chi connectivity index (χ2v) is 3.74. The Morgan fingerprint density at radius 1 is 1.50 bits per heavy atom. The van der Waals surface area contributed by atoms with Crippen molar-refractivity contribution in [1.82, 2.24) is 25.1 Å². The fourth-order valence-electron chi connectivity index (χ4n) is 1.31. The number of aromatic amines is 2. The molecule has 96 valence electrons. The van der Waals surface area contributed by atoms with Crippen molar-refractivity contribution in [1.29, 1.82) is 0 Å². The maximum atomic E-state index is 13.3. The molecule has 0 radical (unpaired) electrons. The van der Waals surface area contributed by atoms with E-state index in [1.165, 1.54) is 0 Å². The van der Waals surface area contributed by atoms with E-state index >= 15 is 0 Å². The van der Waals surface area contributed by atoms with Crippen molar-refractivity contribution in [2.24, 2.45) is 0 Å². The molecule has 8 nitrogen and oxygen atoms in total. The monoisotopic (exact) mass is 253 g/mol. The van der Waals surface area contributed by atoms with Gasteiger partial charge in [0.25, 0.3) is 0 Å². The van der Waals surface area contributed by atoms with E-state index in [1.54, 1.807) is 19.0 Å². The zero-order chi connectivity index (χ0) is 13.1. The van der Waals surface area contributed by atoms with Crippen LogP contribution in [0.3, 0.4) is 0 Å². The van der Waals surface area contributed by atoms with E-state index in [2.05, 4.69) is 30.5 Å². The highest BCUT2D eigenvalue weighted by molar-refractivity contribution is 5.42. The quantitative estimate of drug-likeness (QED) is 0.691. The Kier molecular flexibility index (Phi) is 3.22. The first kappa shape index (κ1) is 12.0. The van der Waals surface area contributed by atoms with Crippen LogP contribution < -0.4 is 15.9 Å². The highest BCUT2D eigenvalue weighted by Crippen LogP contribution is 2.14. The molecule has 2 rings (SSSR count). The maximum Gasteiger partial charge on any atom is 0.340 e. The summed E-state index contributed by atoms with van der Waals surface area (Å²) in [7, 11) is 3.36. The van der Waals surface area contributed by atoms with Crippen LogP contribution >= 0.6 is 0 Å². The SMILES string of the molecule is CN(C)c1nc(NCc2n[nH]c(=O)[nH]2)ncc1F. The average molecular weight is 253 g/mol. The molecule has 0 amide bonds. The Morgan fingerprint density at radius 3 is 2.89 bits per heavy atom. The molecule has 0 saturated heterocycles. The van der Waals surface area contributed by atoms with Gasteiger partial charge in [-0.3, -0.25) is 4.98 Å². The fourth-order valence-corrected chi connectivity index (χ4v) is 1.31. The zero-order valence-corrected chi connectivity index (χ0v) is 9.86. The lowest BCUT2D eigenvalue weighted by molar-refractivity contribution is 0.612. The third kappa shape index (κ3) is 2.62. The number of H-pyrrole nitrogens is 2. The van der Waals surface area contributed by atoms with E-state index in [0.717, 1.165) is 6.20 Å². The third-order valence-electron chi connectivity index (χ3n) is 2.11. The van der Waals surface area contributed by atoms with Gasteiger partial charge in [-0.05, 0) is 0 Å². The molecule has 9 heteroatoms. The van der Waals surface area contributed by atoms with Gasteiger partial charge in [0, 0.05) is 14.1 Å². The summed E-state index contributed by atoms with van der Waals surface area (Å²) in [4.78, 5) is 22.6. The van der Waals surface area contributed by atoms with Crippen LogP contribution in [0.5, 0.6) is 0 Å². The molecule has 0 aliphatic carbocycles. The summed E-state index contributed by atoms with van der Waals surface area (Å²) in [6.07, 6.45) is 1.08. The minimum Gasteiger partial charge on any atom is -0.360 e. The molecule has 0 saturated carbocycles. The summed E-state index contributed by atoms with van der Waals surface area (Å²) in [6, 6.07) is 0. The van der Waals surface area contributed by atoms with E-state index in [4.69, 9.17) is 0 Å². The molecule has 2 heterocycles. The van der Waals surface area contributed by atoms with Crippen molar-refractivity contribution in [2.45, 2.75) is 6.54 Å². The van der Waals surface area contributed by atoms with E-state index < -0.39 is 5.82 Å². The van der Waals surface area contributed by atoms with Crippen LogP contribution in [0.25, 0.3) is 0 Å². The first-order valence-electron chi connectivity index (χ1n) is 5.13. The molecular formula is C9H12FN7O. The summed E-state index contributed by atoms with van der Waals surface area (Å²) in [5.41, 5.74) is -0.388. The lowest BCUT2D eigenvalue weighted by Gasteiger charge is -2.12. The average Bonchev–Trinajstić information content (AvgIpc) is 2.74. The van der Waals surface area contributed by atoms with Gasteiger partial charge in [0.2, 0.25) is 5.95 Å². The topological polar surface area (TPSA) is 103 Å². The van der Waals surface area contributed by atoms with Crippen molar-refractivity contribution < 1.29 is 4.39 Å². The van der Waals surface area contributed by atoms with Gasteiger partial charge in [-0.25, -0.2) is 19.3 Å². The molecule has 2 aromatic rings. The minimum atomic E-state index is -0.501. The summed E-state index contributed by atoms with van der Waals surface area (Å²) in [6.45, 7) is 0.233. The van der Waals surface area contributed by atoms with Gasteiger partial charge in [-0.1, -0.05) is 0 Å². The molecule has 0 spiro atoms. The number of hydrogen-bond donors (Lipinski definition) is 3. The van der Waals surface area contributed by atoms with Gasteiger partial charge >= 0.3 is 5.69 Å². The molecule has 0 unspecified atom stereocenters. The van der Waals surface area contributed by atoms with Crippen LogP contribution in [-0.2, 0) is 6.54 Å². The lowest BCUT2D eigenvalue weighted by Crippen LogP contribution is -2.15. The number of nitrogens with zero attached hydrogens (tertiary/aromatic N) is 4. The number of anilines is 2. The molecular weight excluding hydrogens is 241 g/mol. The lowest BCUT2D eigenvalue weighted by atomic mass is 10.5. The first-order valence-corrected chi connectivity index (χ1v) is 5.13. The number of nitrogens with one attached hydrogen (secondary N) is 3. The molecule has 0 atom stereocenters. The number of aromatic nitrogens is 5. The Balaban J connectivity index is 2.10. The number of halogens is 1. The predicted octanol–water partition coefficient (Wildman–Crippen LogP) is -0.295. The van der Waals surface area contributed by atoms with E-state index in [-0.39, 0.29) is 24.0 Å². The molecule has 0 aromatic carbocycles. The molecule has 3 N–H and O–H groups in total. The van der Waals surface area contributed by atoms with Crippen LogP contribution in [-0.4, -0.2) is 39.2 Å². The van der Waals surface area contributed by atoms with Crippen molar-refractivity contribution in [3.63, 3.8) is 0 Å². The van der Waals surface area contributed by atoms with Gasteiger partial charge in [0.15, 0.2) is 11.6 Å². The molecule has 0 bridgehead atoms. The van der Waals surface area contributed by atoms with Crippen LogP contribution in [0.4, 0.5) is 16.2 Å². The molecule has 0 aliphatic heterocycles. The van der Waals surface area contributed by atoms with Crippen molar-refractivity contribution in [3.8, 4) is 0 Å². The zero-order valence-electron chi connectivity index (χ0n) is 9.86. The molecule has 0 fully saturated rings. The summed E-state index contributed by atoms with van der Waals surface area (Å²) in [5, 5.41) is 8.77. The second kappa shape index (κ2) is 4.82. The van der Waals surface area contributed by atoms with E-state index in [1.807, 2.05) is 0 Å². The Bertz CT molecular complexity index is 591. The first-order chi connectivity index (χ1) is 8.56. The van der Waals surface area contributed by atoms with Crippen molar-refractivity contribution >= 4 is 11.8 Å². The Labute approximate surface area is 101 Å². The van der Waals surface area contributed by atoms with Crippen molar-refractivity contribution in [2.75, 3.05) is 24.3 Å². The van der Waals surface area contributed by atoms with Crippen molar-refractivity contribution in [3.05, 3.63) is 28.3 Å². The standard InChI is InChI=1S/C9H12FN7O/c1-17(2)7-5(10)3-11-8(14-7)12-4-6-13-9(18)16-15-6/h3H,4H2,1-2H3,(H,11,12,14)(H2,13,15,16,18). The summed E-state index contributed by atoms with van der Waals surface area (Å²) >= 11 is 0. The van der Waals surface area contributed by atoms with Gasteiger partial charge < -0.3 is 10.2 Å². The smallest absolute Gasteiger partial charge is 0.340 e. The van der Waals surface area contributed by atoms with Crippen LogP contribution in [0.2, 0.25) is 0 Å². The number of rotatable bonds is 4.